The number of hydrogen-bond donors (Lipinski definition) is 1. The molecule has 0 aromatic heterocycles. The van der Waals surface area contributed by atoms with Gasteiger partial charge in [0.1, 0.15) is 5.75 Å². The highest BCUT2D eigenvalue weighted by Gasteiger charge is 2.32. The summed E-state index contributed by atoms with van der Waals surface area (Å²) in [6, 6.07) is 4.63. The standard InChI is InChI=1S/C13H15BrF3NO2/c1-8(9-4-5-19-7-9)18-10-2-3-12(11(14)6-10)20-13(15,16)17/h2-3,6,8-9,18H,4-5,7H2,1H3. The first-order valence-electron chi connectivity index (χ1n) is 6.25. The van der Waals surface area contributed by atoms with Crippen molar-refractivity contribution in [1.29, 1.82) is 0 Å². The Morgan fingerprint density at radius 1 is 1.45 bits per heavy atom. The lowest BCUT2D eigenvalue weighted by molar-refractivity contribution is -0.274. The number of nitrogens with one attached hydrogen (secondary N) is 1. The summed E-state index contributed by atoms with van der Waals surface area (Å²) in [4.78, 5) is 0. The summed E-state index contributed by atoms with van der Waals surface area (Å²) in [5.74, 6) is 0.166. The van der Waals surface area contributed by atoms with Crippen LogP contribution in [-0.2, 0) is 4.74 Å². The first kappa shape index (κ1) is 15.4. The predicted molar refractivity (Wildman–Crippen MR) is 72.8 cm³/mol. The number of alkyl halides is 3. The fourth-order valence-electron chi connectivity index (χ4n) is 2.13. The SMILES string of the molecule is CC(Nc1ccc(OC(F)(F)F)c(Br)c1)C1CCOC1. The molecule has 1 N–H and O–H groups in total. The van der Waals surface area contributed by atoms with E-state index >= 15 is 0 Å². The minimum Gasteiger partial charge on any atom is -0.405 e. The molecule has 2 atom stereocenters. The molecular weight excluding hydrogens is 339 g/mol. The van der Waals surface area contributed by atoms with Crippen molar-refractivity contribution in [3.8, 4) is 5.75 Å². The van der Waals surface area contributed by atoms with Gasteiger partial charge in [0.25, 0.3) is 0 Å². The van der Waals surface area contributed by atoms with E-state index in [4.69, 9.17) is 4.74 Å². The summed E-state index contributed by atoms with van der Waals surface area (Å²) >= 11 is 3.08. The molecular formula is C13H15BrF3NO2. The molecule has 3 nitrogen and oxygen atoms in total. The van der Waals surface area contributed by atoms with Crippen LogP contribution in [0.5, 0.6) is 5.75 Å². The molecule has 1 heterocycles. The molecule has 1 aliphatic rings. The minimum absolute atomic E-state index is 0.193. The Morgan fingerprint density at radius 2 is 2.20 bits per heavy atom. The van der Waals surface area contributed by atoms with Crippen LogP contribution < -0.4 is 10.1 Å². The van der Waals surface area contributed by atoms with Crippen molar-refractivity contribution >= 4 is 21.6 Å². The van der Waals surface area contributed by atoms with E-state index in [0.29, 0.717) is 12.5 Å². The molecule has 0 radical (unpaired) electrons. The predicted octanol–water partition coefficient (Wildman–Crippen LogP) is 4.18. The van der Waals surface area contributed by atoms with Gasteiger partial charge >= 0.3 is 6.36 Å². The van der Waals surface area contributed by atoms with Gasteiger partial charge in [0.05, 0.1) is 11.1 Å². The van der Waals surface area contributed by atoms with Crippen LogP contribution in [0.2, 0.25) is 0 Å². The molecule has 7 heteroatoms. The van der Waals surface area contributed by atoms with Crippen molar-refractivity contribution in [1.82, 2.24) is 0 Å². The summed E-state index contributed by atoms with van der Waals surface area (Å²) in [7, 11) is 0. The van der Waals surface area contributed by atoms with Gasteiger partial charge in [0.2, 0.25) is 0 Å². The quantitative estimate of drug-likeness (QED) is 0.880. The zero-order valence-corrected chi connectivity index (χ0v) is 12.4. The van der Waals surface area contributed by atoms with Gasteiger partial charge in [0.15, 0.2) is 0 Å². The summed E-state index contributed by atoms with van der Waals surface area (Å²) in [6.07, 6.45) is -3.70. The molecule has 0 saturated carbocycles. The second-order valence-corrected chi connectivity index (χ2v) is 5.60. The fourth-order valence-corrected chi connectivity index (χ4v) is 2.59. The first-order chi connectivity index (χ1) is 9.35. The molecule has 0 bridgehead atoms. The minimum atomic E-state index is -4.69. The maximum atomic E-state index is 12.2. The highest BCUT2D eigenvalue weighted by Crippen LogP contribution is 2.33. The Morgan fingerprint density at radius 3 is 2.75 bits per heavy atom. The first-order valence-corrected chi connectivity index (χ1v) is 7.04. The molecule has 1 aliphatic heterocycles. The third kappa shape index (κ3) is 4.28. The molecule has 0 spiro atoms. The van der Waals surface area contributed by atoms with Crippen LogP contribution in [0.4, 0.5) is 18.9 Å². The Kier molecular flexibility index (Phi) is 4.80. The second kappa shape index (κ2) is 6.22. The average Bonchev–Trinajstić information content (AvgIpc) is 2.85. The molecule has 0 aliphatic carbocycles. The molecule has 1 saturated heterocycles. The van der Waals surface area contributed by atoms with Crippen molar-refractivity contribution < 1.29 is 22.6 Å². The van der Waals surface area contributed by atoms with Gasteiger partial charge in [-0.1, -0.05) is 0 Å². The molecule has 2 rings (SSSR count). The summed E-state index contributed by atoms with van der Waals surface area (Å²) in [5.41, 5.74) is 0.741. The Hall–Kier alpha value is -0.950. The van der Waals surface area contributed by atoms with Gasteiger partial charge in [0, 0.05) is 24.3 Å². The molecule has 0 amide bonds. The highest BCUT2D eigenvalue weighted by atomic mass is 79.9. The van der Waals surface area contributed by atoms with E-state index in [-0.39, 0.29) is 16.3 Å². The molecule has 2 unspecified atom stereocenters. The summed E-state index contributed by atoms with van der Waals surface area (Å²) in [5, 5.41) is 3.27. The zero-order chi connectivity index (χ0) is 14.8. The number of halogens is 4. The van der Waals surface area contributed by atoms with E-state index in [1.54, 1.807) is 12.1 Å². The molecule has 112 valence electrons. The van der Waals surface area contributed by atoms with Gasteiger partial charge in [-0.3, -0.25) is 0 Å². The monoisotopic (exact) mass is 353 g/mol. The molecule has 1 aromatic rings. The lowest BCUT2D eigenvalue weighted by atomic mass is 10.0. The highest BCUT2D eigenvalue weighted by molar-refractivity contribution is 9.10. The van der Waals surface area contributed by atoms with E-state index in [1.807, 2.05) is 6.92 Å². The zero-order valence-electron chi connectivity index (χ0n) is 10.8. The Bertz CT molecular complexity index is 461. The van der Waals surface area contributed by atoms with E-state index in [1.165, 1.54) is 6.07 Å². The maximum absolute atomic E-state index is 12.2. The van der Waals surface area contributed by atoms with Gasteiger partial charge < -0.3 is 14.8 Å². The number of benzene rings is 1. The third-order valence-electron chi connectivity index (χ3n) is 3.22. The molecule has 20 heavy (non-hydrogen) atoms. The van der Waals surface area contributed by atoms with Gasteiger partial charge in [-0.05, 0) is 47.5 Å². The third-order valence-corrected chi connectivity index (χ3v) is 3.84. The topological polar surface area (TPSA) is 30.5 Å². The van der Waals surface area contributed by atoms with Crippen LogP contribution in [0.1, 0.15) is 13.3 Å². The van der Waals surface area contributed by atoms with E-state index in [9.17, 15) is 13.2 Å². The van der Waals surface area contributed by atoms with E-state index in [0.717, 1.165) is 18.7 Å². The lowest BCUT2D eigenvalue weighted by Gasteiger charge is -2.21. The fraction of sp³-hybridized carbons (Fsp3) is 0.538. The smallest absolute Gasteiger partial charge is 0.405 e. The molecule has 1 fully saturated rings. The second-order valence-electron chi connectivity index (χ2n) is 4.75. The summed E-state index contributed by atoms with van der Waals surface area (Å²) < 4.78 is 46.0. The van der Waals surface area contributed by atoms with Crippen LogP contribution in [-0.4, -0.2) is 25.6 Å². The number of rotatable bonds is 4. The van der Waals surface area contributed by atoms with Crippen molar-refractivity contribution in [2.75, 3.05) is 18.5 Å². The Balaban J connectivity index is 2.01. The van der Waals surface area contributed by atoms with Gasteiger partial charge in [-0.15, -0.1) is 13.2 Å². The van der Waals surface area contributed by atoms with Crippen molar-refractivity contribution in [3.63, 3.8) is 0 Å². The van der Waals surface area contributed by atoms with Crippen LogP contribution in [0, 0.1) is 5.92 Å². The number of hydrogen-bond acceptors (Lipinski definition) is 3. The Labute approximate surface area is 123 Å². The van der Waals surface area contributed by atoms with Crippen molar-refractivity contribution in [3.05, 3.63) is 22.7 Å². The van der Waals surface area contributed by atoms with Crippen LogP contribution in [0.15, 0.2) is 22.7 Å². The normalized spacial score (nSPS) is 20.8. The van der Waals surface area contributed by atoms with Crippen molar-refractivity contribution in [2.24, 2.45) is 5.92 Å². The van der Waals surface area contributed by atoms with Crippen LogP contribution in [0.25, 0.3) is 0 Å². The van der Waals surface area contributed by atoms with Gasteiger partial charge in [-0.2, -0.15) is 0 Å². The lowest BCUT2D eigenvalue weighted by Crippen LogP contribution is -2.26. The number of anilines is 1. The largest absolute Gasteiger partial charge is 0.573 e. The van der Waals surface area contributed by atoms with Crippen molar-refractivity contribution in [2.45, 2.75) is 25.7 Å². The molecule has 1 aromatic carbocycles. The van der Waals surface area contributed by atoms with E-state index in [2.05, 4.69) is 26.0 Å². The summed E-state index contributed by atoms with van der Waals surface area (Å²) in [6.45, 7) is 3.51. The maximum Gasteiger partial charge on any atom is 0.573 e. The average molecular weight is 354 g/mol. The van der Waals surface area contributed by atoms with E-state index < -0.39 is 6.36 Å². The van der Waals surface area contributed by atoms with Crippen LogP contribution >= 0.6 is 15.9 Å². The number of ether oxygens (including phenoxy) is 2. The van der Waals surface area contributed by atoms with Gasteiger partial charge in [-0.25, -0.2) is 0 Å². The van der Waals surface area contributed by atoms with Crippen LogP contribution in [0.3, 0.4) is 0 Å².